The predicted molar refractivity (Wildman–Crippen MR) is 77.7 cm³/mol. The van der Waals surface area contributed by atoms with Crippen molar-refractivity contribution in [2.45, 2.75) is 19.0 Å². The van der Waals surface area contributed by atoms with Crippen LogP contribution >= 0.6 is 11.6 Å². The van der Waals surface area contributed by atoms with Crippen LogP contribution in [0.25, 0.3) is 0 Å². The first-order chi connectivity index (χ1) is 9.55. The second kappa shape index (κ2) is 6.04. The molecule has 2 nitrogen and oxygen atoms in total. The van der Waals surface area contributed by atoms with Crippen LogP contribution in [-0.2, 0) is 12.1 Å². The van der Waals surface area contributed by atoms with Crippen molar-refractivity contribution in [1.82, 2.24) is 5.32 Å². The standard InChI is InChI=1S/C16H14ClFN2/c1-16(11-19,14-8-7-13(18)9-15(14)17)20-10-12-5-3-2-4-6-12/h2-9,20H,10H2,1H3. The number of hydrogen-bond acceptors (Lipinski definition) is 2. The highest BCUT2D eigenvalue weighted by Crippen LogP contribution is 2.28. The zero-order valence-corrected chi connectivity index (χ0v) is 11.8. The first-order valence-electron chi connectivity index (χ1n) is 6.21. The molecule has 4 heteroatoms. The molecule has 0 amide bonds. The third-order valence-corrected chi connectivity index (χ3v) is 3.50. The van der Waals surface area contributed by atoms with Crippen LogP contribution in [0.15, 0.2) is 48.5 Å². The Morgan fingerprint density at radius 2 is 1.95 bits per heavy atom. The van der Waals surface area contributed by atoms with E-state index in [2.05, 4.69) is 11.4 Å². The smallest absolute Gasteiger partial charge is 0.131 e. The van der Waals surface area contributed by atoms with Gasteiger partial charge < -0.3 is 0 Å². The molecule has 1 N–H and O–H groups in total. The molecule has 0 bridgehead atoms. The van der Waals surface area contributed by atoms with Crippen LogP contribution < -0.4 is 5.32 Å². The lowest BCUT2D eigenvalue weighted by atomic mass is 9.93. The van der Waals surface area contributed by atoms with Gasteiger partial charge in [0.25, 0.3) is 0 Å². The van der Waals surface area contributed by atoms with E-state index in [1.54, 1.807) is 13.0 Å². The molecule has 102 valence electrons. The first kappa shape index (κ1) is 14.5. The lowest BCUT2D eigenvalue weighted by molar-refractivity contribution is 0.463. The summed E-state index contributed by atoms with van der Waals surface area (Å²) < 4.78 is 13.1. The fraction of sp³-hybridized carbons (Fsp3) is 0.188. The Morgan fingerprint density at radius 3 is 2.55 bits per heavy atom. The second-order valence-corrected chi connectivity index (χ2v) is 5.11. The monoisotopic (exact) mass is 288 g/mol. The molecule has 0 aliphatic heterocycles. The van der Waals surface area contributed by atoms with E-state index >= 15 is 0 Å². The maximum Gasteiger partial charge on any atom is 0.131 e. The van der Waals surface area contributed by atoms with Crippen molar-refractivity contribution in [2.75, 3.05) is 0 Å². The maximum absolute atomic E-state index is 13.1. The van der Waals surface area contributed by atoms with Gasteiger partial charge in [-0.15, -0.1) is 0 Å². The molecule has 1 unspecified atom stereocenters. The fourth-order valence-corrected chi connectivity index (χ4v) is 2.32. The minimum Gasteiger partial charge on any atom is -0.292 e. The van der Waals surface area contributed by atoms with Crippen LogP contribution in [0.5, 0.6) is 0 Å². The van der Waals surface area contributed by atoms with Gasteiger partial charge >= 0.3 is 0 Å². The van der Waals surface area contributed by atoms with E-state index in [9.17, 15) is 9.65 Å². The third-order valence-electron chi connectivity index (χ3n) is 3.18. The Kier molecular flexibility index (Phi) is 4.39. The summed E-state index contributed by atoms with van der Waals surface area (Å²) in [4.78, 5) is 0. The first-order valence-corrected chi connectivity index (χ1v) is 6.59. The van der Waals surface area contributed by atoms with Crippen molar-refractivity contribution < 1.29 is 4.39 Å². The average Bonchev–Trinajstić information content (AvgIpc) is 2.46. The van der Waals surface area contributed by atoms with Gasteiger partial charge in [0.15, 0.2) is 0 Å². The Balaban J connectivity index is 2.23. The molecule has 0 saturated heterocycles. The molecule has 0 fully saturated rings. The van der Waals surface area contributed by atoms with Gasteiger partial charge in [-0.05, 0) is 24.6 Å². The van der Waals surface area contributed by atoms with E-state index in [-0.39, 0.29) is 5.02 Å². The van der Waals surface area contributed by atoms with Crippen LogP contribution in [0, 0.1) is 17.1 Å². The Morgan fingerprint density at radius 1 is 1.25 bits per heavy atom. The molecule has 0 aromatic heterocycles. The number of halogens is 2. The van der Waals surface area contributed by atoms with E-state index in [1.165, 1.54) is 12.1 Å². The lowest BCUT2D eigenvalue weighted by Gasteiger charge is -2.25. The zero-order valence-electron chi connectivity index (χ0n) is 11.0. The van der Waals surface area contributed by atoms with E-state index < -0.39 is 11.4 Å². The molecule has 2 rings (SSSR count). The Bertz CT molecular complexity index is 637. The summed E-state index contributed by atoms with van der Waals surface area (Å²) in [5.41, 5.74) is 0.659. The molecule has 0 heterocycles. The fourth-order valence-electron chi connectivity index (χ4n) is 1.96. The van der Waals surface area contributed by atoms with E-state index in [0.717, 1.165) is 5.56 Å². The van der Waals surface area contributed by atoms with Gasteiger partial charge in [0.2, 0.25) is 0 Å². The maximum atomic E-state index is 13.1. The molecule has 0 spiro atoms. The summed E-state index contributed by atoms with van der Waals surface area (Å²) in [6, 6.07) is 16.0. The Hall–Kier alpha value is -1.89. The Labute approximate surface area is 122 Å². The summed E-state index contributed by atoms with van der Waals surface area (Å²) in [5.74, 6) is -0.415. The van der Waals surface area contributed by atoms with Crippen LogP contribution in [0.2, 0.25) is 5.02 Å². The average molecular weight is 289 g/mol. The van der Waals surface area contributed by atoms with E-state index in [4.69, 9.17) is 11.6 Å². The zero-order chi connectivity index (χ0) is 14.6. The van der Waals surface area contributed by atoms with Crippen molar-refractivity contribution in [3.63, 3.8) is 0 Å². The normalized spacial score (nSPS) is 13.5. The number of hydrogen-bond donors (Lipinski definition) is 1. The molecular weight excluding hydrogens is 275 g/mol. The second-order valence-electron chi connectivity index (χ2n) is 4.70. The largest absolute Gasteiger partial charge is 0.292 e. The molecule has 0 aliphatic carbocycles. The highest BCUT2D eigenvalue weighted by molar-refractivity contribution is 6.31. The van der Waals surface area contributed by atoms with Crippen LogP contribution in [0.1, 0.15) is 18.1 Å². The molecule has 2 aromatic rings. The minimum absolute atomic E-state index is 0.245. The van der Waals surface area contributed by atoms with Gasteiger partial charge in [-0.1, -0.05) is 48.0 Å². The summed E-state index contributed by atoms with van der Waals surface area (Å²) in [6.07, 6.45) is 0. The summed E-state index contributed by atoms with van der Waals surface area (Å²) in [7, 11) is 0. The number of nitrogens with one attached hydrogen (secondary N) is 1. The van der Waals surface area contributed by atoms with Crippen molar-refractivity contribution in [3.05, 3.63) is 70.5 Å². The van der Waals surface area contributed by atoms with Crippen molar-refractivity contribution in [2.24, 2.45) is 0 Å². The number of nitriles is 1. The number of rotatable bonds is 4. The van der Waals surface area contributed by atoms with E-state index in [0.29, 0.717) is 12.1 Å². The topological polar surface area (TPSA) is 35.8 Å². The number of benzene rings is 2. The molecule has 0 radical (unpaired) electrons. The van der Waals surface area contributed by atoms with Crippen molar-refractivity contribution >= 4 is 11.6 Å². The van der Waals surface area contributed by atoms with Crippen LogP contribution in [0.3, 0.4) is 0 Å². The molecule has 0 aliphatic rings. The predicted octanol–water partition coefficient (Wildman–Crippen LogP) is 4.01. The van der Waals surface area contributed by atoms with Gasteiger partial charge in [-0.3, -0.25) is 5.32 Å². The lowest BCUT2D eigenvalue weighted by Crippen LogP contribution is -2.38. The highest BCUT2D eigenvalue weighted by atomic mass is 35.5. The van der Waals surface area contributed by atoms with Gasteiger partial charge in [-0.2, -0.15) is 5.26 Å². The third kappa shape index (κ3) is 3.16. The molecule has 0 saturated carbocycles. The van der Waals surface area contributed by atoms with Crippen LogP contribution in [-0.4, -0.2) is 0 Å². The molecular formula is C16H14ClFN2. The summed E-state index contributed by atoms with van der Waals surface area (Å²) >= 11 is 6.04. The van der Waals surface area contributed by atoms with Gasteiger partial charge in [0.1, 0.15) is 11.4 Å². The van der Waals surface area contributed by atoms with Gasteiger partial charge in [0, 0.05) is 17.1 Å². The van der Waals surface area contributed by atoms with Crippen molar-refractivity contribution in [1.29, 1.82) is 5.26 Å². The van der Waals surface area contributed by atoms with Crippen LogP contribution in [0.4, 0.5) is 4.39 Å². The molecule has 1 atom stereocenters. The quantitative estimate of drug-likeness (QED) is 0.923. The number of nitrogens with zero attached hydrogens (tertiary/aromatic N) is 1. The molecule has 20 heavy (non-hydrogen) atoms. The highest BCUT2D eigenvalue weighted by Gasteiger charge is 2.28. The summed E-state index contributed by atoms with van der Waals surface area (Å²) in [5, 5.41) is 12.9. The minimum atomic E-state index is -0.972. The summed E-state index contributed by atoms with van der Waals surface area (Å²) in [6.45, 7) is 2.26. The van der Waals surface area contributed by atoms with Gasteiger partial charge in [0.05, 0.1) is 6.07 Å². The SMILES string of the molecule is CC(C#N)(NCc1ccccc1)c1ccc(F)cc1Cl. The van der Waals surface area contributed by atoms with E-state index in [1.807, 2.05) is 30.3 Å². The van der Waals surface area contributed by atoms with Gasteiger partial charge in [-0.25, -0.2) is 4.39 Å². The molecule has 2 aromatic carbocycles. The van der Waals surface area contributed by atoms with Crippen molar-refractivity contribution in [3.8, 4) is 6.07 Å².